The second kappa shape index (κ2) is 4.81. The van der Waals surface area contributed by atoms with Gasteiger partial charge in [-0.05, 0) is 11.4 Å². The van der Waals surface area contributed by atoms with Crippen molar-refractivity contribution in [2.24, 2.45) is 11.0 Å². The lowest BCUT2D eigenvalue weighted by Crippen LogP contribution is -2.25. The van der Waals surface area contributed by atoms with E-state index >= 15 is 0 Å². The molecule has 0 bridgehead atoms. The van der Waals surface area contributed by atoms with Crippen molar-refractivity contribution in [3.8, 4) is 0 Å². The van der Waals surface area contributed by atoms with Crippen LogP contribution in [0.1, 0.15) is 12.1 Å². The van der Waals surface area contributed by atoms with Gasteiger partial charge in [-0.15, -0.1) is 0 Å². The molecular weight excluding hydrogens is 265 g/mol. The minimum absolute atomic E-state index is 0.0687. The Balaban J connectivity index is 2.12. The Labute approximate surface area is 105 Å². The molecule has 102 valence electrons. The molecular formula is C9H9F3N6O. The van der Waals surface area contributed by atoms with E-state index in [1.165, 1.54) is 0 Å². The number of halogens is 3. The second-order valence-electron chi connectivity index (χ2n) is 4.13. The number of H-pyrrole nitrogens is 1. The normalized spacial score (nSPS) is 19.6. The average molecular weight is 274 g/mol. The van der Waals surface area contributed by atoms with Crippen LogP contribution in [0.25, 0.3) is 10.4 Å². The number of alkyl halides is 3. The molecule has 2 rings (SSSR count). The summed E-state index contributed by atoms with van der Waals surface area (Å²) in [6, 6.07) is 0.786. The number of azide groups is 1. The van der Waals surface area contributed by atoms with Crippen molar-refractivity contribution in [2.75, 3.05) is 18.0 Å². The van der Waals surface area contributed by atoms with Gasteiger partial charge in [0.15, 0.2) is 5.82 Å². The molecule has 0 aromatic carbocycles. The zero-order chi connectivity index (χ0) is 14.0. The van der Waals surface area contributed by atoms with Crippen LogP contribution in [0, 0.1) is 5.92 Å². The number of hydrogen-bond acceptors (Lipinski definition) is 3. The molecule has 1 N–H and O–H groups in total. The molecule has 0 saturated carbocycles. The first-order valence-electron chi connectivity index (χ1n) is 5.35. The van der Waals surface area contributed by atoms with Gasteiger partial charge in [0.2, 0.25) is 5.91 Å². The van der Waals surface area contributed by atoms with E-state index in [0.717, 1.165) is 11.0 Å². The maximum absolute atomic E-state index is 12.4. The highest BCUT2D eigenvalue weighted by Gasteiger charge is 2.36. The third kappa shape index (κ3) is 2.79. The summed E-state index contributed by atoms with van der Waals surface area (Å²) in [6.07, 6.45) is -4.40. The molecule has 1 unspecified atom stereocenters. The Kier molecular flexibility index (Phi) is 3.34. The minimum Gasteiger partial charge on any atom is -0.295 e. The zero-order valence-electron chi connectivity index (χ0n) is 9.55. The van der Waals surface area contributed by atoms with Crippen molar-refractivity contribution in [1.29, 1.82) is 0 Å². The molecule has 19 heavy (non-hydrogen) atoms. The van der Waals surface area contributed by atoms with E-state index in [1.807, 2.05) is 5.10 Å². The van der Waals surface area contributed by atoms with E-state index in [2.05, 4.69) is 15.1 Å². The topological polar surface area (TPSA) is 97.8 Å². The largest absolute Gasteiger partial charge is 0.432 e. The predicted octanol–water partition coefficient (Wildman–Crippen LogP) is 2.09. The summed E-state index contributed by atoms with van der Waals surface area (Å²) in [5.41, 5.74) is 7.18. The first-order chi connectivity index (χ1) is 8.91. The summed E-state index contributed by atoms with van der Waals surface area (Å²) in [5, 5.41) is 8.69. The number of rotatable bonds is 3. The van der Waals surface area contributed by atoms with Crippen LogP contribution in [0.5, 0.6) is 0 Å². The molecule has 2 heterocycles. The minimum atomic E-state index is -4.53. The molecule has 10 heteroatoms. The highest BCUT2D eigenvalue weighted by molar-refractivity contribution is 5.94. The van der Waals surface area contributed by atoms with Crippen molar-refractivity contribution in [1.82, 2.24) is 10.2 Å². The molecule has 1 aromatic heterocycles. The Morgan fingerprint density at radius 3 is 2.95 bits per heavy atom. The van der Waals surface area contributed by atoms with Gasteiger partial charge in [-0.25, -0.2) is 0 Å². The molecule has 1 atom stereocenters. The highest BCUT2D eigenvalue weighted by atomic mass is 19.4. The van der Waals surface area contributed by atoms with Gasteiger partial charge in [-0.1, -0.05) is 5.11 Å². The number of nitrogens with one attached hydrogen (secondary N) is 1. The van der Waals surface area contributed by atoms with Crippen LogP contribution in [0.2, 0.25) is 0 Å². The number of hydrogen-bond donors (Lipinski definition) is 1. The number of carbonyl (C=O) groups is 1. The second-order valence-corrected chi connectivity index (χ2v) is 4.13. The molecule has 0 radical (unpaired) electrons. The molecule has 0 spiro atoms. The summed E-state index contributed by atoms with van der Waals surface area (Å²) in [5.74, 6) is -0.603. The third-order valence-corrected chi connectivity index (χ3v) is 2.75. The molecule has 1 aliphatic heterocycles. The van der Waals surface area contributed by atoms with Crippen LogP contribution in [0.15, 0.2) is 11.2 Å². The number of nitrogens with zero attached hydrogens (tertiary/aromatic N) is 5. The summed E-state index contributed by atoms with van der Waals surface area (Å²) >= 11 is 0. The third-order valence-electron chi connectivity index (χ3n) is 2.75. The van der Waals surface area contributed by atoms with E-state index in [9.17, 15) is 18.0 Å². The maximum Gasteiger partial charge on any atom is 0.432 e. The Morgan fingerprint density at radius 1 is 1.63 bits per heavy atom. The summed E-state index contributed by atoms with van der Waals surface area (Å²) in [6.45, 7) is 0.329. The van der Waals surface area contributed by atoms with Gasteiger partial charge in [0, 0.05) is 30.5 Å². The van der Waals surface area contributed by atoms with Crippen LogP contribution in [0.3, 0.4) is 0 Å². The van der Waals surface area contributed by atoms with Gasteiger partial charge in [0.25, 0.3) is 0 Å². The number of carbonyl (C=O) groups excluding carboxylic acids is 1. The van der Waals surface area contributed by atoms with E-state index in [0.29, 0.717) is 0 Å². The number of aromatic nitrogens is 2. The van der Waals surface area contributed by atoms with Crippen molar-refractivity contribution in [3.63, 3.8) is 0 Å². The first kappa shape index (κ1) is 13.2. The maximum atomic E-state index is 12.4. The van der Waals surface area contributed by atoms with E-state index in [1.54, 1.807) is 0 Å². The molecule has 0 aliphatic carbocycles. The lowest BCUT2D eigenvalue weighted by molar-refractivity contribution is -0.141. The van der Waals surface area contributed by atoms with Crippen molar-refractivity contribution < 1.29 is 18.0 Å². The predicted molar refractivity (Wildman–Crippen MR) is 58.1 cm³/mol. The smallest absolute Gasteiger partial charge is 0.295 e. The summed E-state index contributed by atoms with van der Waals surface area (Å²) in [4.78, 5) is 15.4. The lowest BCUT2D eigenvalue weighted by Gasteiger charge is -2.12. The Morgan fingerprint density at radius 2 is 2.37 bits per heavy atom. The molecule has 1 aliphatic rings. The van der Waals surface area contributed by atoms with Crippen molar-refractivity contribution in [3.05, 3.63) is 22.2 Å². The fourth-order valence-electron chi connectivity index (χ4n) is 1.87. The standard InChI is InChI=1S/C9H9F3N6O/c10-9(11,12)6-2-7(16-15-6)18-4-5(1-8(18)19)3-14-17-13/h2,5H,1,3-4H2,(H,15,16). The van der Waals surface area contributed by atoms with Crippen LogP contribution in [-0.2, 0) is 11.0 Å². The van der Waals surface area contributed by atoms with Gasteiger partial charge in [0.05, 0.1) is 0 Å². The SMILES string of the molecule is [N-]=[N+]=NCC1CC(=O)N(c2cc(C(F)(F)F)[nH]n2)C1. The Bertz CT molecular complexity index is 532. The van der Waals surface area contributed by atoms with E-state index in [4.69, 9.17) is 5.53 Å². The quantitative estimate of drug-likeness (QED) is 0.518. The number of amides is 1. The van der Waals surface area contributed by atoms with Gasteiger partial charge < -0.3 is 0 Å². The van der Waals surface area contributed by atoms with Crippen molar-refractivity contribution in [2.45, 2.75) is 12.6 Å². The molecule has 1 amide bonds. The van der Waals surface area contributed by atoms with Crippen LogP contribution in [-0.4, -0.2) is 29.2 Å². The zero-order valence-corrected chi connectivity index (χ0v) is 9.55. The first-order valence-corrected chi connectivity index (χ1v) is 5.35. The van der Waals surface area contributed by atoms with E-state index in [-0.39, 0.29) is 37.2 Å². The number of anilines is 1. The fraction of sp³-hybridized carbons (Fsp3) is 0.556. The highest BCUT2D eigenvalue weighted by Crippen LogP contribution is 2.31. The molecule has 1 saturated heterocycles. The summed E-state index contributed by atoms with van der Waals surface area (Å²) in [7, 11) is 0. The lowest BCUT2D eigenvalue weighted by atomic mass is 10.1. The van der Waals surface area contributed by atoms with Crippen LogP contribution in [0.4, 0.5) is 19.0 Å². The Hall–Kier alpha value is -2.22. The fourth-order valence-corrected chi connectivity index (χ4v) is 1.87. The van der Waals surface area contributed by atoms with E-state index < -0.39 is 11.9 Å². The van der Waals surface area contributed by atoms with Gasteiger partial charge >= 0.3 is 6.18 Å². The molecule has 1 aromatic rings. The van der Waals surface area contributed by atoms with Gasteiger partial charge in [-0.2, -0.15) is 18.3 Å². The molecule has 7 nitrogen and oxygen atoms in total. The van der Waals surface area contributed by atoms with Crippen LogP contribution >= 0.6 is 0 Å². The summed E-state index contributed by atoms with van der Waals surface area (Å²) < 4.78 is 37.2. The average Bonchev–Trinajstić information content (AvgIpc) is 2.91. The number of aromatic amines is 1. The monoisotopic (exact) mass is 274 g/mol. The molecule has 1 fully saturated rings. The van der Waals surface area contributed by atoms with Crippen molar-refractivity contribution >= 4 is 11.7 Å². The van der Waals surface area contributed by atoms with Gasteiger partial charge in [-0.3, -0.25) is 14.8 Å². The van der Waals surface area contributed by atoms with Crippen LogP contribution < -0.4 is 4.90 Å². The van der Waals surface area contributed by atoms with Gasteiger partial charge in [0.1, 0.15) is 5.69 Å².